The van der Waals surface area contributed by atoms with Gasteiger partial charge in [-0.2, -0.15) is 5.10 Å². The van der Waals surface area contributed by atoms with Crippen molar-refractivity contribution in [1.82, 2.24) is 20.0 Å². The molecule has 5 nitrogen and oxygen atoms in total. The van der Waals surface area contributed by atoms with E-state index in [9.17, 15) is 13.6 Å². The van der Waals surface area contributed by atoms with E-state index in [1.54, 1.807) is 11.0 Å². The fourth-order valence-electron chi connectivity index (χ4n) is 3.45. The van der Waals surface area contributed by atoms with Gasteiger partial charge in [-0.15, -0.1) is 0 Å². The van der Waals surface area contributed by atoms with Crippen LogP contribution in [0, 0.1) is 11.6 Å². The molecule has 2 fully saturated rings. The Labute approximate surface area is 151 Å². The smallest absolute Gasteiger partial charge is 0.274 e. The molecule has 1 aromatic carbocycles. The Morgan fingerprint density at radius 3 is 2.81 bits per heavy atom. The Kier molecular flexibility index (Phi) is 4.72. The van der Waals surface area contributed by atoms with Crippen LogP contribution in [0.2, 0.25) is 0 Å². The number of amides is 1. The van der Waals surface area contributed by atoms with Crippen LogP contribution < -0.4 is 5.32 Å². The van der Waals surface area contributed by atoms with Crippen LogP contribution in [0.25, 0.3) is 0 Å². The van der Waals surface area contributed by atoms with E-state index in [1.165, 1.54) is 12.1 Å². The second-order valence-corrected chi connectivity index (χ2v) is 7.08. The van der Waals surface area contributed by atoms with Crippen LogP contribution in [-0.2, 0) is 6.54 Å². The zero-order valence-electron chi connectivity index (χ0n) is 14.5. The third-order valence-electron chi connectivity index (χ3n) is 5.08. The number of carbonyl (C=O) groups excluding carboxylic acids is 1. The predicted octanol–water partition coefficient (Wildman–Crippen LogP) is 2.89. The van der Waals surface area contributed by atoms with Gasteiger partial charge in [-0.05, 0) is 44.4 Å². The molecule has 1 unspecified atom stereocenters. The molecular formula is C19H22F2N4O. The molecule has 1 aliphatic carbocycles. The van der Waals surface area contributed by atoms with E-state index in [2.05, 4.69) is 10.4 Å². The zero-order valence-corrected chi connectivity index (χ0v) is 14.5. The van der Waals surface area contributed by atoms with Crippen molar-refractivity contribution in [2.45, 2.75) is 44.3 Å². The molecule has 1 aromatic heterocycles. The van der Waals surface area contributed by atoms with Gasteiger partial charge in [0, 0.05) is 37.0 Å². The quantitative estimate of drug-likeness (QED) is 0.892. The summed E-state index contributed by atoms with van der Waals surface area (Å²) in [4.78, 5) is 14.6. The molecule has 26 heavy (non-hydrogen) atoms. The lowest BCUT2D eigenvalue weighted by molar-refractivity contribution is 0.0720. The van der Waals surface area contributed by atoms with E-state index in [4.69, 9.17) is 0 Å². The highest BCUT2D eigenvalue weighted by molar-refractivity contribution is 5.92. The summed E-state index contributed by atoms with van der Waals surface area (Å²) in [6, 6.07) is 5.57. The van der Waals surface area contributed by atoms with Crippen molar-refractivity contribution in [3.8, 4) is 0 Å². The monoisotopic (exact) mass is 360 g/mol. The van der Waals surface area contributed by atoms with Crippen molar-refractivity contribution >= 4 is 5.91 Å². The average Bonchev–Trinajstić information content (AvgIpc) is 3.36. The maximum Gasteiger partial charge on any atom is 0.274 e. The summed E-state index contributed by atoms with van der Waals surface area (Å²) in [5, 5.41) is 7.81. The number of rotatable bonds is 5. The number of nitrogens with zero attached hydrogens (tertiary/aromatic N) is 3. The number of carbonyl (C=O) groups is 1. The van der Waals surface area contributed by atoms with Crippen molar-refractivity contribution in [2.24, 2.45) is 0 Å². The molecule has 1 saturated carbocycles. The number of hydrogen-bond donors (Lipinski definition) is 1. The molecular weight excluding hydrogens is 338 g/mol. The second kappa shape index (κ2) is 7.15. The Balaban J connectivity index is 1.51. The van der Waals surface area contributed by atoms with Gasteiger partial charge in [-0.25, -0.2) is 8.78 Å². The number of halogens is 2. The summed E-state index contributed by atoms with van der Waals surface area (Å²) in [5.74, 6) is -1.43. The molecule has 0 bridgehead atoms. The van der Waals surface area contributed by atoms with Crippen molar-refractivity contribution in [3.63, 3.8) is 0 Å². The molecule has 4 rings (SSSR count). The van der Waals surface area contributed by atoms with E-state index >= 15 is 0 Å². The first kappa shape index (κ1) is 17.1. The van der Waals surface area contributed by atoms with Gasteiger partial charge in [-0.3, -0.25) is 9.48 Å². The second-order valence-electron chi connectivity index (χ2n) is 7.08. The van der Waals surface area contributed by atoms with E-state index in [-0.39, 0.29) is 24.5 Å². The number of benzene rings is 1. The molecule has 1 N–H and O–H groups in total. The molecule has 1 aliphatic heterocycles. The molecule has 1 atom stereocenters. The zero-order chi connectivity index (χ0) is 18.1. The van der Waals surface area contributed by atoms with Crippen LogP contribution in [0.1, 0.15) is 47.8 Å². The number of piperidine rings is 1. The highest BCUT2D eigenvalue weighted by Crippen LogP contribution is 2.30. The SMILES string of the molecule is O=C(c1ccn(C2CCCNC2)n1)N(Cc1ccc(F)cc1F)C1CC1. The average molecular weight is 360 g/mol. The molecule has 2 aromatic rings. The van der Waals surface area contributed by atoms with Crippen LogP contribution in [0.3, 0.4) is 0 Å². The molecule has 0 spiro atoms. The minimum atomic E-state index is -0.623. The number of nitrogens with one attached hydrogen (secondary N) is 1. The van der Waals surface area contributed by atoms with Crippen LogP contribution in [0.15, 0.2) is 30.5 Å². The van der Waals surface area contributed by atoms with Crippen LogP contribution in [0.5, 0.6) is 0 Å². The van der Waals surface area contributed by atoms with Gasteiger partial charge in [0.15, 0.2) is 0 Å². The first-order valence-electron chi connectivity index (χ1n) is 9.12. The van der Waals surface area contributed by atoms with Gasteiger partial charge in [0.2, 0.25) is 0 Å². The summed E-state index contributed by atoms with van der Waals surface area (Å²) >= 11 is 0. The summed E-state index contributed by atoms with van der Waals surface area (Å²) in [7, 11) is 0. The lowest BCUT2D eigenvalue weighted by Gasteiger charge is -2.23. The van der Waals surface area contributed by atoms with Crippen molar-refractivity contribution in [2.75, 3.05) is 13.1 Å². The maximum atomic E-state index is 14.0. The fourth-order valence-corrected chi connectivity index (χ4v) is 3.45. The fraction of sp³-hybridized carbons (Fsp3) is 0.474. The van der Waals surface area contributed by atoms with Gasteiger partial charge < -0.3 is 10.2 Å². The van der Waals surface area contributed by atoms with Gasteiger partial charge in [-0.1, -0.05) is 6.07 Å². The van der Waals surface area contributed by atoms with Crippen LogP contribution in [-0.4, -0.2) is 39.7 Å². The van der Waals surface area contributed by atoms with Gasteiger partial charge in [0.25, 0.3) is 5.91 Å². The standard InChI is InChI=1S/C19H22F2N4O/c20-14-4-3-13(17(21)10-14)12-24(15-5-6-15)19(26)18-7-9-25(23-18)16-2-1-8-22-11-16/h3-4,7,9-10,15-16,22H,1-2,5-6,8,11-12H2. The molecule has 138 valence electrons. The third-order valence-corrected chi connectivity index (χ3v) is 5.08. The van der Waals surface area contributed by atoms with Crippen LogP contribution in [0.4, 0.5) is 8.78 Å². The summed E-state index contributed by atoms with van der Waals surface area (Å²) in [5.41, 5.74) is 0.701. The molecule has 2 heterocycles. The van der Waals surface area contributed by atoms with Crippen molar-refractivity contribution < 1.29 is 13.6 Å². The molecule has 2 aliphatic rings. The number of aromatic nitrogens is 2. The van der Waals surface area contributed by atoms with Crippen molar-refractivity contribution in [3.05, 3.63) is 53.4 Å². The first-order valence-corrected chi connectivity index (χ1v) is 9.12. The Morgan fingerprint density at radius 1 is 1.27 bits per heavy atom. The van der Waals surface area contributed by atoms with Crippen molar-refractivity contribution in [1.29, 1.82) is 0 Å². The normalized spacial score (nSPS) is 20.2. The van der Waals surface area contributed by atoms with E-state index in [1.807, 2.05) is 10.9 Å². The Hall–Kier alpha value is -2.28. The topological polar surface area (TPSA) is 50.2 Å². The third kappa shape index (κ3) is 3.62. The minimum Gasteiger partial charge on any atom is -0.330 e. The minimum absolute atomic E-state index is 0.105. The summed E-state index contributed by atoms with van der Waals surface area (Å²) in [6.45, 7) is 2.00. The lowest BCUT2D eigenvalue weighted by atomic mass is 10.1. The van der Waals surface area contributed by atoms with Gasteiger partial charge in [0.1, 0.15) is 17.3 Å². The van der Waals surface area contributed by atoms with E-state index in [0.717, 1.165) is 44.8 Å². The largest absolute Gasteiger partial charge is 0.330 e. The highest BCUT2D eigenvalue weighted by atomic mass is 19.1. The Bertz CT molecular complexity index is 797. The summed E-state index contributed by atoms with van der Waals surface area (Å²) < 4.78 is 29.0. The molecule has 1 saturated heterocycles. The van der Waals surface area contributed by atoms with Gasteiger partial charge in [0.05, 0.1) is 6.04 Å². The molecule has 7 heteroatoms. The Morgan fingerprint density at radius 2 is 2.12 bits per heavy atom. The molecule has 1 amide bonds. The summed E-state index contributed by atoms with van der Waals surface area (Å²) in [6.07, 6.45) is 5.78. The lowest BCUT2D eigenvalue weighted by Crippen LogP contribution is -2.34. The van der Waals surface area contributed by atoms with Gasteiger partial charge >= 0.3 is 0 Å². The van der Waals surface area contributed by atoms with E-state index < -0.39 is 11.6 Å². The van der Waals surface area contributed by atoms with E-state index in [0.29, 0.717) is 11.3 Å². The highest BCUT2D eigenvalue weighted by Gasteiger charge is 2.34. The maximum absolute atomic E-state index is 14.0. The number of hydrogen-bond acceptors (Lipinski definition) is 3. The predicted molar refractivity (Wildman–Crippen MR) is 92.6 cm³/mol. The van der Waals surface area contributed by atoms with Crippen LogP contribution >= 0.6 is 0 Å². The first-order chi connectivity index (χ1) is 12.6. The molecule has 0 radical (unpaired) electrons.